The number of hydrogen-bond donors (Lipinski definition) is 2. The van der Waals surface area contributed by atoms with Crippen molar-refractivity contribution in [3.8, 4) is 0 Å². The molecule has 1 fully saturated rings. The first-order chi connectivity index (χ1) is 9.99. The van der Waals surface area contributed by atoms with Crippen LogP contribution < -0.4 is 10.9 Å². The molecule has 1 aromatic rings. The third kappa shape index (κ3) is 3.86. The largest absolute Gasteiger partial charge is 0.388 e. The summed E-state index contributed by atoms with van der Waals surface area (Å²) in [7, 11) is 0. The van der Waals surface area contributed by atoms with Crippen molar-refractivity contribution in [1.82, 2.24) is 9.78 Å². The Morgan fingerprint density at radius 2 is 2.14 bits per heavy atom. The van der Waals surface area contributed by atoms with E-state index in [-0.39, 0.29) is 5.56 Å². The summed E-state index contributed by atoms with van der Waals surface area (Å²) in [5.41, 5.74) is -0.176. The minimum absolute atomic E-state index is 0.149. The molecule has 1 aliphatic rings. The summed E-state index contributed by atoms with van der Waals surface area (Å²) in [5.74, 6) is 0.743. The Labute approximate surface area is 133 Å². The van der Waals surface area contributed by atoms with Crippen LogP contribution >= 0.6 is 15.9 Å². The van der Waals surface area contributed by atoms with Gasteiger partial charge in [0.25, 0.3) is 5.56 Å². The molecule has 21 heavy (non-hydrogen) atoms. The molecule has 1 aromatic heterocycles. The van der Waals surface area contributed by atoms with Crippen LogP contribution in [0.25, 0.3) is 0 Å². The lowest BCUT2D eigenvalue weighted by atomic mass is 9.78. The van der Waals surface area contributed by atoms with Crippen molar-refractivity contribution in [3.63, 3.8) is 0 Å². The summed E-state index contributed by atoms with van der Waals surface area (Å²) in [6.07, 6.45) is 6.60. The molecule has 0 unspecified atom stereocenters. The molecular weight excluding hydrogens is 334 g/mol. The van der Waals surface area contributed by atoms with Crippen molar-refractivity contribution in [2.75, 3.05) is 11.9 Å². The molecule has 1 aliphatic carbocycles. The average molecular weight is 358 g/mol. The second-order valence-electron chi connectivity index (χ2n) is 5.92. The highest BCUT2D eigenvalue weighted by Gasteiger charge is 2.32. The standard InChI is InChI=1S/C15H24BrN3O2/c1-3-11-5-7-15(21,8-6-11)10-17-12-9-18-19(4-2)14(20)13(12)16/h9,11,17,21H,3-8,10H2,1-2H3. The van der Waals surface area contributed by atoms with Crippen LogP contribution in [0, 0.1) is 5.92 Å². The van der Waals surface area contributed by atoms with Crippen LogP contribution in [0.1, 0.15) is 46.0 Å². The van der Waals surface area contributed by atoms with Crippen LogP contribution in [-0.4, -0.2) is 27.0 Å². The number of halogens is 1. The van der Waals surface area contributed by atoms with E-state index in [4.69, 9.17) is 0 Å². The molecule has 0 aromatic carbocycles. The predicted molar refractivity (Wildman–Crippen MR) is 87.6 cm³/mol. The molecule has 118 valence electrons. The van der Waals surface area contributed by atoms with Crippen molar-refractivity contribution in [2.24, 2.45) is 5.92 Å². The lowest BCUT2D eigenvalue weighted by molar-refractivity contribution is 0.00227. The van der Waals surface area contributed by atoms with Gasteiger partial charge in [-0.1, -0.05) is 13.3 Å². The number of aromatic nitrogens is 2. The molecule has 0 spiro atoms. The first-order valence-corrected chi connectivity index (χ1v) is 8.50. The summed E-state index contributed by atoms with van der Waals surface area (Å²) >= 11 is 3.32. The van der Waals surface area contributed by atoms with Gasteiger partial charge in [-0.25, -0.2) is 4.68 Å². The van der Waals surface area contributed by atoms with E-state index in [2.05, 4.69) is 33.3 Å². The zero-order chi connectivity index (χ0) is 15.5. The molecule has 5 nitrogen and oxygen atoms in total. The van der Waals surface area contributed by atoms with E-state index in [0.29, 0.717) is 23.2 Å². The van der Waals surface area contributed by atoms with E-state index >= 15 is 0 Å². The maximum atomic E-state index is 12.0. The maximum absolute atomic E-state index is 12.0. The number of aryl methyl sites for hydroxylation is 1. The fourth-order valence-electron chi connectivity index (χ4n) is 2.87. The van der Waals surface area contributed by atoms with Crippen LogP contribution in [0.3, 0.4) is 0 Å². The van der Waals surface area contributed by atoms with Crippen molar-refractivity contribution in [2.45, 2.75) is 58.1 Å². The van der Waals surface area contributed by atoms with Gasteiger partial charge in [-0.05, 0) is 54.5 Å². The number of anilines is 1. The van der Waals surface area contributed by atoms with Gasteiger partial charge >= 0.3 is 0 Å². The Hall–Kier alpha value is -0.880. The van der Waals surface area contributed by atoms with Gasteiger partial charge in [0.05, 0.1) is 17.5 Å². The lowest BCUT2D eigenvalue weighted by Gasteiger charge is -2.36. The smallest absolute Gasteiger partial charge is 0.283 e. The van der Waals surface area contributed by atoms with Crippen molar-refractivity contribution in [1.29, 1.82) is 0 Å². The summed E-state index contributed by atoms with van der Waals surface area (Å²) < 4.78 is 1.88. The maximum Gasteiger partial charge on any atom is 0.283 e. The molecule has 0 amide bonds. The first-order valence-electron chi connectivity index (χ1n) is 7.71. The van der Waals surface area contributed by atoms with E-state index in [1.165, 1.54) is 11.1 Å². The van der Waals surface area contributed by atoms with Crippen molar-refractivity contribution < 1.29 is 5.11 Å². The highest BCUT2D eigenvalue weighted by atomic mass is 79.9. The van der Waals surface area contributed by atoms with Crippen LogP contribution in [0.2, 0.25) is 0 Å². The van der Waals surface area contributed by atoms with E-state index in [0.717, 1.165) is 31.6 Å². The Bertz CT molecular complexity index is 536. The van der Waals surface area contributed by atoms with Gasteiger partial charge in [-0.2, -0.15) is 5.10 Å². The molecule has 2 N–H and O–H groups in total. The quantitative estimate of drug-likeness (QED) is 0.850. The highest BCUT2D eigenvalue weighted by molar-refractivity contribution is 9.10. The van der Waals surface area contributed by atoms with Gasteiger partial charge < -0.3 is 10.4 Å². The van der Waals surface area contributed by atoms with Crippen LogP contribution in [0.15, 0.2) is 15.5 Å². The SMILES string of the molecule is CCC1CCC(O)(CNc2cnn(CC)c(=O)c2Br)CC1. The van der Waals surface area contributed by atoms with Gasteiger partial charge in [0.1, 0.15) is 4.47 Å². The van der Waals surface area contributed by atoms with Gasteiger partial charge in [0, 0.05) is 13.1 Å². The Morgan fingerprint density at radius 1 is 1.48 bits per heavy atom. The molecule has 0 radical (unpaired) electrons. The van der Waals surface area contributed by atoms with Gasteiger partial charge in [-0.3, -0.25) is 4.79 Å². The fourth-order valence-corrected chi connectivity index (χ4v) is 3.32. The average Bonchev–Trinajstić information content (AvgIpc) is 2.50. The van der Waals surface area contributed by atoms with Crippen LogP contribution in [0.4, 0.5) is 5.69 Å². The number of aliphatic hydroxyl groups is 1. The molecule has 1 heterocycles. The molecule has 1 saturated carbocycles. The Morgan fingerprint density at radius 3 is 2.71 bits per heavy atom. The highest BCUT2D eigenvalue weighted by Crippen LogP contribution is 2.34. The normalized spacial score (nSPS) is 25.8. The van der Waals surface area contributed by atoms with Gasteiger partial charge in [-0.15, -0.1) is 0 Å². The van der Waals surface area contributed by atoms with Gasteiger partial charge in [0.2, 0.25) is 0 Å². The van der Waals surface area contributed by atoms with E-state index < -0.39 is 5.60 Å². The Kier molecular flexibility index (Phi) is 5.43. The minimum Gasteiger partial charge on any atom is -0.388 e. The number of rotatable bonds is 5. The van der Waals surface area contributed by atoms with Gasteiger partial charge in [0.15, 0.2) is 0 Å². The molecule has 6 heteroatoms. The molecule has 0 bridgehead atoms. The van der Waals surface area contributed by atoms with Crippen LogP contribution in [-0.2, 0) is 6.54 Å². The fraction of sp³-hybridized carbons (Fsp3) is 0.733. The van der Waals surface area contributed by atoms with E-state index in [1.54, 1.807) is 6.20 Å². The molecular formula is C15H24BrN3O2. The summed E-state index contributed by atoms with van der Waals surface area (Å²) in [5, 5.41) is 17.9. The van der Waals surface area contributed by atoms with Crippen LogP contribution in [0.5, 0.6) is 0 Å². The van der Waals surface area contributed by atoms with Crippen molar-refractivity contribution >= 4 is 21.6 Å². The predicted octanol–water partition coefficient (Wildman–Crippen LogP) is 2.77. The topological polar surface area (TPSA) is 67.2 Å². The molecule has 0 aliphatic heterocycles. The number of nitrogens with zero attached hydrogens (tertiary/aromatic N) is 2. The summed E-state index contributed by atoms with van der Waals surface area (Å²) in [6.45, 7) is 5.08. The molecule has 2 rings (SSSR count). The number of nitrogens with one attached hydrogen (secondary N) is 1. The molecule has 0 saturated heterocycles. The second kappa shape index (κ2) is 6.92. The van der Waals surface area contributed by atoms with E-state index in [1.807, 2.05) is 6.92 Å². The third-order valence-corrected chi connectivity index (χ3v) is 5.27. The molecule has 0 atom stereocenters. The summed E-state index contributed by atoms with van der Waals surface area (Å²) in [4.78, 5) is 12.0. The Balaban J connectivity index is 2.00. The zero-order valence-corrected chi connectivity index (χ0v) is 14.3. The monoisotopic (exact) mass is 357 g/mol. The number of hydrogen-bond acceptors (Lipinski definition) is 4. The van der Waals surface area contributed by atoms with Crippen molar-refractivity contribution in [3.05, 3.63) is 21.0 Å². The second-order valence-corrected chi connectivity index (χ2v) is 6.72. The summed E-state index contributed by atoms with van der Waals surface area (Å²) in [6, 6.07) is 0. The first kappa shape index (κ1) is 16.5. The minimum atomic E-state index is -0.676. The zero-order valence-electron chi connectivity index (χ0n) is 12.7. The third-order valence-electron chi connectivity index (χ3n) is 4.51. The lowest BCUT2D eigenvalue weighted by Crippen LogP contribution is -2.41. The van der Waals surface area contributed by atoms with E-state index in [9.17, 15) is 9.90 Å².